The van der Waals surface area contributed by atoms with Gasteiger partial charge in [0.2, 0.25) is 0 Å². The summed E-state index contributed by atoms with van der Waals surface area (Å²) in [5, 5.41) is 38.2. The molecule has 0 atom stereocenters. The van der Waals surface area contributed by atoms with Gasteiger partial charge in [0.25, 0.3) is 0 Å². The molecule has 0 radical (unpaired) electrons. The molecule has 132 valence electrons. The Bertz CT molecular complexity index is 948. The zero-order valence-electron chi connectivity index (χ0n) is 11.8. The Kier molecular flexibility index (Phi) is 2.45. The molecule has 26 heavy (non-hydrogen) atoms. The molecule has 0 saturated carbocycles. The molecule has 0 unspecified atom stereocenters. The van der Waals surface area contributed by atoms with E-state index in [1.807, 2.05) is 0 Å². The molecule has 0 N–H and O–H groups in total. The number of hydrogen-bond donors (Lipinski definition) is 0. The van der Waals surface area contributed by atoms with Gasteiger partial charge >= 0.3 is 13.9 Å². The summed E-state index contributed by atoms with van der Waals surface area (Å²) in [6.45, 7) is -9.85. The summed E-state index contributed by atoms with van der Waals surface area (Å²) in [6.07, 6.45) is 0. The Hall–Kier alpha value is -3.87. The summed E-state index contributed by atoms with van der Waals surface area (Å²) < 4.78 is 59.7. The fourth-order valence-corrected chi connectivity index (χ4v) is 2.41. The van der Waals surface area contributed by atoms with Crippen LogP contribution in [-0.4, -0.2) is 94.4 Å². The maximum atomic E-state index is 15.0. The molecular weight excluding hydrogens is 370 g/mol. The van der Waals surface area contributed by atoms with Gasteiger partial charge in [0, 0.05) is 0 Å². The molecule has 0 aliphatic carbocycles. The maximum Gasteiger partial charge on any atom is 0.571 e. The van der Waals surface area contributed by atoms with Crippen LogP contribution in [-0.2, 0) is 0 Å². The molecule has 0 bridgehead atoms. The smallest absolute Gasteiger partial charge is 0.435 e. The van der Waals surface area contributed by atoms with Crippen LogP contribution < -0.4 is 0 Å². The lowest BCUT2D eigenvalue weighted by Crippen LogP contribution is -2.50. The van der Waals surface area contributed by atoms with Crippen molar-refractivity contribution < 1.29 is 17.3 Å². The van der Waals surface area contributed by atoms with Gasteiger partial charge in [-0.1, -0.05) is 20.9 Å². The minimum Gasteiger partial charge on any atom is -0.435 e. The highest BCUT2D eigenvalue weighted by Gasteiger charge is 2.46. The minimum absolute atomic E-state index is 0.0479. The quantitative estimate of drug-likeness (QED) is 0.225. The van der Waals surface area contributed by atoms with Crippen molar-refractivity contribution in [1.29, 1.82) is 0 Å². The zero-order chi connectivity index (χ0) is 18.1. The van der Waals surface area contributed by atoms with Gasteiger partial charge in [-0.15, -0.1) is 20.4 Å². The van der Waals surface area contributed by atoms with E-state index in [-0.39, 0.29) is 18.4 Å². The van der Waals surface area contributed by atoms with Crippen molar-refractivity contribution in [2.75, 3.05) is 0 Å². The van der Waals surface area contributed by atoms with Crippen molar-refractivity contribution in [3.05, 3.63) is 0 Å². The largest absolute Gasteiger partial charge is 0.571 e. The molecule has 4 aromatic heterocycles. The number of aromatic nitrogens is 16. The van der Waals surface area contributed by atoms with Crippen molar-refractivity contribution in [2.45, 2.75) is 0 Å². The SMILES string of the molecule is F[B-]1(F)n2nnnc2-c2nnnn2[B-](F)(F)n2nnnc2-c2nnnn21. The number of halogens is 4. The van der Waals surface area contributed by atoms with Gasteiger partial charge in [-0.05, 0) is 20.9 Å². The highest BCUT2D eigenvalue weighted by molar-refractivity contribution is 6.64. The monoisotopic (exact) mass is 370 g/mol. The molecule has 16 nitrogen and oxygen atoms in total. The molecule has 0 aromatic carbocycles. The maximum absolute atomic E-state index is 15.0. The van der Waals surface area contributed by atoms with Crippen LogP contribution in [0.3, 0.4) is 0 Å². The van der Waals surface area contributed by atoms with Crippen molar-refractivity contribution in [3.63, 3.8) is 0 Å². The Morgan fingerprint density at radius 2 is 0.692 bits per heavy atom. The average molecular weight is 370 g/mol. The molecule has 0 fully saturated rings. The lowest BCUT2D eigenvalue weighted by Gasteiger charge is -2.30. The molecule has 5 rings (SSSR count). The molecule has 0 spiro atoms. The Morgan fingerprint density at radius 3 is 0.923 bits per heavy atom. The molecule has 5 heterocycles. The van der Waals surface area contributed by atoms with Crippen molar-refractivity contribution >= 4 is 13.9 Å². The molecule has 0 saturated heterocycles. The van der Waals surface area contributed by atoms with Crippen LogP contribution in [0.1, 0.15) is 0 Å². The summed E-state index contributed by atoms with van der Waals surface area (Å²) in [5.74, 6) is -3.34. The minimum atomic E-state index is -4.92. The lowest BCUT2D eigenvalue weighted by molar-refractivity contribution is 0.478. The van der Waals surface area contributed by atoms with Crippen LogP contribution >= 0.6 is 0 Å². The van der Waals surface area contributed by atoms with Crippen LogP contribution in [0.5, 0.6) is 0 Å². The van der Waals surface area contributed by atoms with E-state index in [9.17, 15) is 17.3 Å². The number of hydrogen-bond acceptors (Lipinski definition) is 12. The second kappa shape index (κ2) is 4.40. The average Bonchev–Trinajstić information content (AvgIpc) is 3.40. The van der Waals surface area contributed by atoms with Gasteiger partial charge in [-0.2, -0.15) is 0 Å². The van der Waals surface area contributed by atoms with Gasteiger partial charge in [-0.3, -0.25) is 0 Å². The highest BCUT2D eigenvalue weighted by atomic mass is 19.3. The Balaban J connectivity index is 1.95. The summed E-state index contributed by atoms with van der Waals surface area (Å²) in [5.41, 5.74) is 0. The first-order chi connectivity index (χ1) is 12.4. The van der Waals surface area contributed by atoms with Crippen LogP contribution in [0.2, 0.25) is 0 Å². The molecule has 4 aromatic rings. The van der Waals surface area contributed by atoms with E-state index in [1.54, 1.807) is 0 Å². The van der Waals surface area contributed by atoms with E-state index in [1.165, 1.54) is 0 Å². The van der Waals surface area contributed by atoms with Crippen LogP contribution in [0.15, 0.2) is 0 Å². The van der Waals surface area contributed by atoms with Gasteiger partial charge in [0.15, 0.2) is 23.3 Å². The second-order valence-electron chi connectivity index (χ2n) is 4.96. The van der Waals surface area contributed by atoms with E-state index in [0.29, 0.717) is 0 Å². The summed E-state index contributed by atoms with van der Waals surface area (Å²) >= 11 is 0. The van der Waals surface area contributed by atoms with Crippen molar-refractivity contribution in [1.82, 2.24) is 80.5 Å². The van der Waals surface area contributed by atoms with Crippen LogP contribution in [0.25, 0.3) is 23.3 Å². The van der Waals surface area contributed by atoms with Crippen molar-refractivity contribution in [3.8, 4) is 23.3 Å². The Labute approximate surface area is 136 Å². The van der Waals surface area contributed by atoms with Crippen LogP contribution in [0, 0.1) is 0 Å². The predicted octanol–water partition coefficient (Wildman–Crippen LogP) is -3.18. The standard InChI is InChI=1S/C4B2F4N16/c7-5(8)23-1(11-15-19-23)2-12-16-20-24(2)6(9,10)26-4(14-18-22-26)3-13-17-21-25(3)5/q-2. The molecular formula is C4B2F4N16-2. The third kappa shape index (κ3) is 1.59. The predicted molar refractivity (Wildman–Crippen MR) is 66.8 cm³/mol. The topological polar surface area (TPSA) is 174 Å². The molecule has 22 heteroatoms. The number of rotatable bonds is 0. The van der Waals surface area contributed by atoms with E-state index >= 15 is 0 Å². The van der Waals surface area contributed by atoms with E-state index in [4.69, 9.17) is 0 Å². The third-order valence-corrected chi connectivity index (χ3v) is 3.55. The second-order valence-corrected chi connectivity index (χ2v) is 4.96. The summed E-state index contributed by atoms with van der Waals surface area (Å²) in [7, 11) is 0. The first-order valence-corrected chi connectivity index (χ1v) is 6.59. The first kappa shape index (κ1) is 14.5. The third-order valence-electron chi connectivity index (χ3n) is 3.55. The highest BCUT2D eigenvalue weighted by Crippen LogP contribution is 2.28. The number of tetrazole rings is 4. The van der Waals surface area contributed by atoms with Gasteiger partial charge in [0.1, 0.15) is 0 Å². The first-order valence-electron chi connectivity index (χ1n) is 6.59. The van der Waals surface area contributed by atoms with E-state index in [0.717, 1.165) is 0 Å². The lowest BCUT2D eigenvalue weighted by atomic mass is 9.95. The van der Waals surface area contributed by atoms with E-state index in [2.05, 4.69) is 62.1 Å². The number of fused-ring (bicyclic) bond motifs is 6. The molecule has 1 aliphatic heterocycles. The fourth-order valence-electron chi connectivity index (χ4n) is 2.41. The normalized spacial score (nSPS) is 17.1. The summed E-state index contributed by atoms with van der Waals surface area (Å²) in [4.78, 5) is 0. The van der Waals surface area contributed by atoms with E-state index < -0.39 is 37.2 Å². The fraction of sp³-hybridized carbons (Fsp3) is 0. The summed E-state index contributed by atoms with van der Waals surface area (Å²) in [6, 6.07) is 0. The van der Waals surface area contributed by atoms with Crippen molar-refractivity contribution in [2.24, 2.45) is 0 Å². The molecule has 1 aliphatic rings. The van der Waals surface area contributed by atoms with Crippen LogP contribution in [0.4, 0.5) is 17.3 Å². The van der Waals surface area contributed by atoms with Gasteiger partial charge in [-0.25, -0.2) is 0 Å². The van der Waals surface area contributed by atoms with Gasteiger partial charge < -0.3 is 35.6 Å². The molecule has 0 amide bonds. The zero-order valence-corrected chi connectivity index (χ0v) is 11.8. The Morgan fingerprint density at radius 1 is 0.462 bits per heavy atom. The number of nitrogens with zero attached hydrogens (tertiary/aromatic N) is 16. The van der Waals surface area contributed by atoms with Gasteiger partial charge in [0.05, 0.1) is 0 Å².